The molecule has 6 nitrogen and oxygen atoms in total. The van der Waals surface area contributed by atoms with Crippen molar-refractivity contribution in [3.63, 3.8) is 0 Å². The van der Waals surface area contributed by atoms with Crippen molar-refractivity contribution in [1.82, 2.24) is 19.5 Å². The number of rotatable bonds is 6. The van der Waals surface area contributed by atoms with Crippen LogP contribution in [0.3, 0.4) is 0 Å². The van der Waals surface area contributed by atoms with Crippen LogP contribution in [0.2, 0.25) is 0 Å². The number of aromatic nitrogens is 3. The van der Waals surface area contributed by atoms with Gasteiger partial charge in [0.2, 0.25) is 0 Å². The molecule has 1 aliphatic rings. The molecular formula is C28H33FN6. The van der Waals surface area contributed by atoms with Crippen molar-refractivity contribution < 1.29 is 4.39 Å². The second-order valence-corrected chi connectivity index (χ2v) is 9.25. The second-order valence-electron chi connectivity index (χ2n) is 9.25. The molecule has 1 saturated heterocycles. The average molecular weight is 473 g/mol. The molecular weight excluding hydrogens is 439 g/mol. The number of benzene rings is 2. The van der Waals surface area contributed by atoms with E-state index in [1.165, 1.54) is 30.7 Å². The molecule has 2 aromatic heterocycles. The van der Waals surface area contributed by atoms with Gasteiger partial charge in [-0.25, -0.2) is 9.37 Å². The van der Waals surface area contributed by atoms with E-state index < -0.39 is 0 Å². The zero-order chi connectivity index (χ0) is 24.5. The van der Waals surface area contributed by atoms with E-state index in [4.69, 9.17) is 10.7 Å². The predicted molar refractivity (Wildman–Crippen MR) is 141 cm³/mol. The molecule has 0 unspecified atom stereocenters. The minimum Gasteiger partial charge on any atom is -0.383 e. The van der Waals surface area contributed by atoms with Gasteiger partial charge in [0.15, 0.2) is 5.65 Å². The van der Waals surface area contributed by atoms with Crippen molar-refractivity contribution in [2.75, 3.05) is 36.8 Å². The molecule has 35 heavy (non-hydrogen) atoms. The minimum atomic E-state index is -0.280. The summed E-state index contributed by atoms with van der Waals surface area (Å²) in [5.74, 6) is 0.220. The van der Waals surface area contributed by atoms with Gasteiger partial charge in [-0.2, -0.15) is 9.61 Å². The van der Waals surface area contributed by atoms with E-state index in [-0.39, 0.29) is 5.82 Å². The molecule has 0 bridgehead atoms. The Morgan fingerprint density at radius 1 is 1.03 bits per heavy atom. The number of fused-ring (bicyclic) bond motifs is 1. The minimum absolute atomic E-state index is 0.280. The zero-order valence-electron chi connectivity index (χ0n) is 20.7. The molecule has 5 rings (SSSR count). The van der Waals surface area contributed by atoms with Crippen LogP contribution in [0.25, 0.3) is 27.9 Å². The molecule has 0 spiro atoms. The lowest BCUT2D eigenvalue weighted by molar-refractivity contribution is 0.186. The lowest BCUT2D eigenvalue weighted by Gasteiger charge is -2.38. The molecule has 182 valence electrons. The Balaban J connectivity index is 1.45. The highest BCUT2D eigenvalue weighted by Gasteiger charge is 2.23. The Bertz CT molecular complexity index is 1320. The summed E-state index contributed by atoms with van der Waals surface area (Å²) in [7, 11) is 0. The first kappa shape index (κ1) is 23.3. The monoisotopic (exact) mass is 472 g/mol. The first-order valence-electron chi connectivity index (χ1n) is 12.5. The number of nitrogen functional groups attached to an aromatic ring is 1. The SMILES string of the molecule is CCN(CC)C1CCN(c2cccc(-c3cnn4c(N)c(-c5ccc(F)cc5)c(C)nc34)c2)CC1. The third kappa shape index (κ3) is 4.36. The number of nitrogens with zero attached hydrogens (tertiary/aromatic N) is 5. The summed E-state index contributed by atoms with van der Waals surface area (Å²) < 4.78 is 15.1. The Morgan fingerprint density at radius 3 is 2.43 bits per heavy atom. The van der Waals surface area contributed by atoms with E-state index in [2.05, 4.69) is 53.0 Å². The number of anilines is 2. The van der Waals surface area contributed by atoms with Crippen LogP contribution in [0.5, 0.6) is 0 Å². The molecule has 2 N–H and O–H groups in total. The van der Waals surface area contributed by atoms with E-state index in [0.29, 0.717) is 11.9 Å². The normalized spacial score (nSPS) is 14.8. The highest BCUT2D eigenvalue weighted by Crippen LogP contribution is 2.34. The summed E-state index contributed by atoms with van der Waals surface area (Å²) in [5, 5.41) is 4.57. The third-order valence-corrected chi connectivity index (χ3v) is 7.31. The number of piperidine rings is 1. The quantitative estimate of drug-likeness (QED) is 0.407. The van der Waals surface area contributed by atoms with E-state index in [9.17, 15) is 4.39 Å². The molecule has 2 aromatic carbocycles. The van der Waals surface area contributed by atoms with Crippen LogP contribution < -0.4 is 10.6 Å². The molecule has 7 heteroatoms. The Labute approximate surface area is 206 Å². The van der Waals surface area contributed by atoms with Crippen molar-refractivity contribution in [2.45, 2.75) is 39.7 Å². The second kappa shape index (κ2) is 9.66. The van der Waals surface area contributed by atoms with Crippen LogP contribution in [0.4, 0.5) is 15.9 Å². The predicted octanol–water partition coefficient (Wildman–Crippen LogP) is 5.40. The molecule has 0 atom stereocenters. The summed E-state index contributed by atoms with van der Waals surface area (Å²) in [4.78, 5) is 9.93. The third-order valence-electron chi connectivity index (χ3n) is 7.31. The van der Waals surface area contributed by atoms with Crippen LogP contribution in [-0.2, 0) is 0 Å². The number of hydrogen-bond donors (Lipinski definition) is 1. The maximum atomic E-state index is 13.4. The lowest BCUT2D eigenvalue weighted by Crippen LogP contribution is -2.44. The van der Waals surface area contributed by atoms with Crippen molar-refractivity contribution in [1.29, 1.82) is 0 Å². The fourth-order valence-electron chi connectivity index (χ4n) is 5.41. The summed E-state index contributed by atoms with van der Waals surface area (Å²) >= 11 is 0. The van der Waals surface area contributed by atoms with E-state index in [0.717, 1.165) is 59.8 Å². The largest absolute Gasteiger partial charge is 0.383 e. The Kier molecular flexibility index (Phi) is 6.43. The Hall–Kier alpha value is -3.45. The standard InChI is InChI=1S/C28H33FN6/c1-4-33(5-2)23-13-15-34(16-14-23)24-8-6-7-21(17-24)25-18-31-35-27(30)26(19(3)32-28(25)35)20-9-11-22(29)12-10-20/h6-12,17-18,23H,4-5,13-16,30H2,1-3H3. The average Bonchev–Trinajstić information content (AvgIpc) is 3.30. The molecule has 3 heterocycles. The van der Waals surface area contributed by atoms with Crippen LogP contribution >= 0.6 is 0 Å². The summed E-state index contributed by atoms with van der Waals surface area (Å²) in [6.45, 7) is 10.8. The van der Waals surface area contributed by atoms with Gasteiger partial charge < -0.3 is 15.5 Å². The highest BCUT2D eigenvalue weighted by atomic mass is 19.1. The van der Waals surface area contributed by atoms with Gasteiger partial charge in [-0.15, -0.1) is 0 Å². The van der Waals surface area contributed by atoms with Gasteiger partial charge in [0, 0.05) is 35.9 Å². The van der Waals surface area contributed by atoms with Crippen molar-refractivity contribution >= 4 is 17.2 Å². The zero-order valence-corrected chi connectivity index (χ0v) is 20.7. The maximum absolute atomic E-state index is 13.4. The molecule has 0 radical (unpaired) electrons. The highest BCUT2D eigenvalue weighted by molar-refractivity contribution is 5.84. The van der Waals surface area contributed by atoms with Gasteiger partial charge in [0.1, 0.15) is 11.6 Å². The maximum Gasteiger partial charge on any atom is 0.165 e. The van der Waals surface area contributed by atoms with Crippen molar-refractivity contribution in [3.8, 4) is 22.3 Å². The molecule has 0 amide bonds. The first-order chi connectivity index (χ1) is 17.0. The van der Waals surface area contributed by atoms with Crippen LogP contribution in [0, 0.1) is 12.7 Å². The van der Waals surface area contributed by atoms with Gasteiger partial charge in [-0.1, -0.05) is 38.1 Å². The van der Waals surface area contributed by atoms with E-state index in [1.807, 2.05) is 13.1 Å². The van der Waals surface area contributed by atoms with Crippen LogP contribution in [0.1, 0.15) is 32.4 Å². The van der Waals surface area contributed by atoms with E-state index in [1.54, 1.807) is 16.6 Å². The number of aryl methyl sites for hydroxylation is 1. The summed E-state index contributed by atoms with van der Waals surface area (Å²) in [6, 6.07) is 15.6. The van der Waals surface area contributed by atoms with E-state index >= 15 is 0 Å². The topological polar surface area (TPSA) is 62.7 Å². The lowest BCUT2D eigenvalue weighted by atomic mass is 10.0. The summed E-state index contributed by atoms with van der Waals surface area (Å²) in [6.07, 6.45) is 4.20. The fraction of sp³-hybridized carbons (Fsp3) is 0.357. The van der Waals surface area contributed by atoms with Crippen molar-refractivity contribution in [3.05, 3.63) is 66.2 Å². The molecule has 0 saturated carbocycles. The van der Waals surface area contributed by atoms with Crippen LogP contribution in [0.15, 0.2) is 54.7 Å². The van der Waals surface area contributed by atoms with Gasteiger partial charge in [-0.3, -0.25) is 0 Å². The van der Waals surface area contributed by atoms with Gasteiger partial charge in [-0.05, 0) is 68.2 Å². The molecule has 1 aliphatic heterocycles. The number of hydrogen-bond acceptors (Lipinski definition) is 5. The Morgan fingerprint density at radius 2 is 1.74 bits per heavy atom. The summed E-state index contributed by atoms with van der Waals surface area (Å²) in [5.41, 5.74) is 12.9. The van der Waals surface area contributed by atoms with Crippen LogP contribution in [-0.4, -0.2) is 51.7 Å². The first-order valence-corrected chi connectivity index (χ1v) is 12.5. The van der Waals surface area contributed by atoms with Gasteiger partial charge in [0.25, 0.3) is 0 Å². The fourth-order valence-corrected chi connectivity index (χ4v) is 5.41. The molecule has 0 aliphatic carbocycles. The van der Waals surface area contributed by atoms with Crippen molar-refractivity contribution in [2.24, 2.45) is 0 Å². The number of halogens is 1. The molecule has 4 aromatic rings. The smallest absolute Gasteiger partial charge is 0.165 e. The number of nitrogens with two attached hydrogens (primary N) is 1. The van der Waals surface area contributed by atoms with Gasteiger partial charge >= 0.3 is 0 Å². The molecule has 1 fully saturated rings. The van der Waals surface area contributed by atoms with Gasteiger partial charge in [0.05, 0.1) is 11.9 Å².